The van der Waals surface area contributed by atoms with E-state index in [2.05, 4.69) is 0 Å². The number of allylic oxidation sites excluding steroid dienone is 4. The van der Waals surface area contributed by atoms with E-state index in [1.807, 2.05) is 13.8 Å². The summed E-state index contributed by atoms with van der Waals surface area (Å²) < 4.78 is 29.9. The third-order valence-corrected chi connectivity index (χ3v) is 9.77. The maximum atomic E-state index is 17.2. The average molecular weight is 449 g/mol. The van der Waals surface area contributed by atoms with E-state index in [9.17, 15) is 19.8 Å². The van der Waals surface area contributed by atoms with Crippen molar-refractivity contribution in [3.63, 3.8) is 0 Å². The standard InChI is InChI=1S/C25H33FO6/c1-5-23(4)31-20-11-17-16-7-6-14-10-15(28)8-9-21(14,2)24(16,26)18(29)12-22(17,3)25(20,32-23)19(30)13-27/h8-10,16-18,20,27,29H,5-7,11-13H2,1-4H3/t16-,17-,18-,20+,21-,22-,23?,24-,25+/m0/s1. The van der Waals surface area contributed by atoms with Crippen molar-refractivity contribution >= 4 is 11.6 Å². The molecule has 3 saturated carbocycles. The van der Waals surface area contributed by atoms with E-state index in [-0.39, 0.29) is 18.1 Å². The van der Waals surface area contributed by atoms with Crippen LogP contribution in [0.1, 0.15) is 59.8 Å². The first-order valence-corrected chi connectivity index (χ1v) is 11.8. The Kier molecular flexibility index (Phi) is 4.61. The first-order valence-electron chi connectivity index (χ1n) is 11.8. The Balaban J connectivity index is 1.63. The molecular weight excluding hydrogens is 415 g/mol. The summed E-state index contributed by atoms with van der Waals surface area (Å²) in [5.41, 5.74) is -4.66. The van der Waals surface area contributed by atoms with Gasteiger partial charge in [0.2, 0.25) is 0 Å². The number of Topliss-reactive ketones (excluding diaryl/α,β-unsaturated/α-hetero) is 1. The lowest BCUT2D eigenvalue weighted by Gasteiger charge is -2.62. The third kappa shape index (κ3) is 2.33. The highest BCUT2D eigenvalue weighted by molar-refractivity contribution is 6.01. The number of carbonyl (C=O) groups is 2. The molecule has 1 heterocycles. The lowest BCUT2D eigenvalue weighted by atomic mass is 9.44. The molecular formula is C25H33FO6. The predicted octanol–water partition coefficient (Wildman–Crippen LogP) is 2.81. The number of fused-ring (bicyclic) bond motifs is 7. The zero-order valence-electron chi connectivity index (χ0n) is 19.2. The van der Waals surface area contributed by atoms with Crippen LogP contribution in [0.2, 0.25) is 0 Å². The number of hydrogen-bond donors (Lipinski definition) is 2. The molecule has 0 spiro atoms. The number of hydrogen-bond acceptors (Lipinski definition) is 6. The largest absolute Gasteiger partial charge is 0.390 e. The van der Waals surface area contributed by atoms with Gasteiger partial charge in [0.15, 0.2) is 28.6 Å². The predicted molar refractivity (Wildman–Crippen MR) is 113 cm³/mol. The molecule has 0 amide bonds. The van der Waals surface area contributed by atoms with Crippen LogP contribution in [0.4, 0.5) is 4.39 Å². The summed E-state index contributed by atoms with van der Waals surface area (Å²) in [7, 11) is 0. The Hall–Kier alpha value is -1.41. The van der Waals surface area contributed by atoms with Crippen LogP contribution in [-0.2, 0) is 19.1 Å². The van der Waals surface area contributed by atoms with Gasteiger partial charge in [-0.05, 0) is 64.0 Å². The molecule has 1 saturated heterocycles. The molecule has 2 N–H and O–H groups in total. The quantitative estimate of drug-likeness (QED) is 0.690. The Morgan fingerprint density at radius 3 is 2.66 bits per heavy atom. The van der Waals surface area contributed by atoms with Crippen molar-refractivity contribution in [1.29, 1.82) is 0 Å². The fourth-order valence-corrected chi connectivity index (χ4v) is 7.99. The van der Waals surface area contributed by atoms with E-state index in [0.29, 0.717) is 25.7 Å². The number of aliphatic hydroxyl groups is 2. The summed E-state index contributed by atoms with van der Waals surface area (Å²) in [5, 5.41) is 21.3. The molecule has 6 nitrogen and oxygen atoms in total. The highest BCUT2D eigenvalue weighted by atomic mass is 19.1. The van der Waals surface area contributed by atoms with Gasteiger partial charge < -0.3 is 19.7 Å². The van der Waals surface area contributed by atoms with Crippen molar-refractivity contribution in [2.24, 2.45) is 22.7 Å². The molecule has 5 aliphatic rings. The van der Waals surface area contributed by atoms with Crippen LogP contribution in [0.15, 0.2) is 23.8 Å². The second-order valence-electron chi connectivity index (χ2n) is 11.0. The van der Waals surface area contributed by atoms with E-state index < -0.39 is 58.4 Å². The van der Waals surface area contributed by atoms with E-state index in [1.54, 1.807) is 19.9 Å². The molecule has 0 aromatic carbocycles. The van der Waals surface area contributed by atoms with E-state index in [1.165, 1.54) is 12.2 Å². The minimum absolute atomic E-state index is 0.0146. The number of alkyl halides is 1. The van der Waals surface area contributed by atoms with Crippen molar-refractivity contribution in [2.75, 3.05) is 6.61 Å². The Bertz CT molecular complexity index is 945. The van der Waals surface area contributed by atoms with Gasteiger partial charge in [0, 0.05) is 16.7 Å². The fourth-order valence-electron chi connectivity index (χ4n) is 7.99. The summed E-state index contributed by atoms with van der Waals surface area (Å²) in [4.78, 5) is 25.2. The number of ether oxygens (including phenoxy) is 2. The van der Waals surface area contributed by atoms with Crippen molar-refractivity contribution in [2.45, 2.75) is 89.1 Å². The van der Waals surface area contributed by atoms with Gasteiger partial charge in [-0.1, -0.05) is 25.5 Å². The van der Waals surface area contributed by atoms with Gasteiger partial charge in [-0.25, -0.2) is 4.39 Å². The number of halogens is 1. The second kappa shape index (κ2) is 6.59. The Morgan fingerprint density at radius 1 is 1.28 bits per heavy atom. The number of ketones is 2. The monoisotopic (exact) mass is 448 g/mol. The van der Waals surface area contributed by atoms with Gasteiger partial charge in [0.05, 0.1) is 12.2 Å². The SMILES string of the molecule is CCC1(C)O[C@@H]2C[C@H]3[C@@H]4CCC5=CC(=O)C=C[C@]5(C)[C@@]4(F)[C@@H](O)C[C@]3(C)[C@]2(C(=O)CO)O1. The minimum Gasteiger partial charge on any atom is -0.390 e. The van der Waals surface area contributed by atoms with Gasteiger partial charge in [0.25, 0.3) is 0 Å². The van der Waals surface area contributed by atoms with Crippen molar-refractivity contribution in [3.05, 3.63) is 23.8 Å². The van der Waals surface area contributed by atoms with Crippen molar-refractivity contribution < 1.29 is 33.7 Å². The minimum atomic E-state index is -1.98. The van der Waals surface area contributed by atoms with Gasteiger partial charge in [-0.3, -0.25) is 9.59 Å². The lowest BCUT2D eigenvalue weighted by Crippen LogP contribution is -2.70. The Morgan fingerprint density at radius 2 is 2.00 bits per heavy atom. The molecule has 9 atom stereocenters. The molecule has 7 heteroatoms. The van der Waals surface area contributed by atoms with E-state index >= 15 is 4.39 Å². The molecule has 4 aliphatic carbocycles. The summed E-state index contributed by atoms with van der Waals surface area (Å²) in [6, 6.07) is 0. The Labute approximate surface area is 187 Å². The number of rotatable bonds is 3. The van der Waals surface area contributed by atoms with Crippen molar-refractivity contribution in [1.82, 2.24) is 0 Å². The van der Waals surface area contributed by atoms with Crippen molar-refractivity contribution in [3.8, 4) is 0 Å². The zero-order valence-corrected chi connectivity index (χ0v) is 19.2. The first kappa shape index (κ1) is 22.4. The maximum absolute atomic E-state index is 17.2. The molecule has 32 heavy (non-hydrogen) atoms. The molecule has 0 aromatic rings. The smallest absolute Gasteiger partial charge is 0.193 e. The van der Waals surface area contributed by atoms with Crippen LogP contribution in [0, 0.1) is 22.7 Å². The zero-order chi connectivity index (χ0) is 23.3. The number of carbonyl (C=O) groups excluding carboxylic acids is 2. The normalized spacial score (nSPS) is 53.8. The summed E-state index contributed by atoms with van der Waals surface area (Å²) in [6.45, 7) is 6.67. The molecule has 176 valence electrons. The highest BCUT2D eigenvalue weighted by Crippen LogP contribution is 2.72. The molecule has 0 bridgehead atoms. The van der Waals surface area contributed by atoms with E-state index in [4.69, 9.17) is 9.47 Å². The van der Waals surface area contributed by atoms with E-state index in [0.717, 1.165) is 5.57 Å². The lowest BCUT2D eigenvalue weighted by molar-refractivity contribution is -0.250. The molecule has 1 aliphatic heterocycles. The molecule has 1 unspecified atom stereocenters. The van der Waals surface area contributed by atoms with Gasteiger partial charge in [-0.2, -0.15) is 0 Å². The van der Waals surface area contributed by atoms with Crippen LogP contribution in [0.5, 0.6) is 0 Å². The maximum Gasteiger partial charge on any atom is 0.193 e. The van der Waals surface area contributed by atoms with Gasteiger partial charge >= 0.3 is 0 Å². The van der Waals surface area contributed by atoms with Crippen LogP contribution >= 0.6 is 0 Å². The summed E-state index contributed by atoms with van der Waals surface area (Å²) in [6.07, 6.45) is 4.55. The fraction of sp³-hybridized carbons (Fsp3) is 0.760. The highest BCUT2D eigenvalue weighted by Gasteiger charge is 2.80. The molecule has 0 radical (unpaired) electrons. The van der Waals surface area contributed by atoms with Crippen LogP contribution < -0.4 is 0 Å². The molecule has 4 fully saturated rings. The first-order chi connectivity index (χ1) is 14.9. The van der Waals surface area contributed by atoms with Gasteiger partial charge in [-0.15, -0.1) is 0 Å². The van der Waals surface area contributed by atoms with Crippen LogP contribution in [-0.4, -0.2) is 57.7 Å². The average Bonchev–Trinajstić information content (AvgIpc) is 3.18. The van der Waals surface area contributed by atoms with Crippen LogP contribution in [0.3, 0.4) is 0 Å². The summed E-state index contributed by atoms with van der Waals surface area (Å²) in [5.74, 6) is -2.40. The summed E-state index contributed by atoms with van der Waals surface area (Å²) >= 11 is 0. The second-order valence-corrected chi connectivity index (χ2v) is 11.0. The van der Waals surface area contributed by atoms with Gasteiger partial charge in [0.1, 0.15) is 6.61 Å². The third-order valence-electron chi connectivity index (χ3n) is 9.77. The molecule has 0 aromatic heterocycles. The van der Waals surface area contributed by atoms with Crippen LogP contribution in [0.25, 0.3) is 0 Å². The number of aliphatic hydroxyl groups excluding tert-OH is 2. The topological polar surface area (TPSA) is 93.1 Å². The molecule has 5 rings (SSSR count).